The summed E-state index contributed by atoms with van der Waals surface area (Å²) in [5.41, 5.74) is 2.35. The maximum absolute atomic E-state index is 12.7. The molecule has 1 aliphatic rings. The maximum Gasteiger partial charge on any atom is 0.337 e. The monoisotopic (exact) mass is 378 g/mol. The lowest BCUT2D eigenvalue weighted by Crippen LogP contribution is -2.40. The van der Waals surface area contributed by atoms with Crippen LogP contribution in [0.2, 0.25) is 0 Å². The van der Waals surface area contributed by atoms with Gasteiger partial charge in [0.2, 0.25) is 0 Å². The van der Waals surface area contributed by atoms with E-state index in [2.05, 4.69) is 31.2 Å². The fourth-order valence-corrected chi connectivity index (χ4v) is 4.06. The van der Waals surface area contributed by atoms with Crippen LogP contribution in [0.25, 0.3) is 0 Å². The molecule has 0 fully saturated rings. The van der Waals surface area contributed by atoms with Crippen LogP contribution in [-0.4, -0.2) is 16.7 Å². The molecule has 0 bridgehead atoms. The van der Waals surface area contributed by atoms with Gasteiger partial charge in [0.1, 0.15) is 11.4 Å². The minimum absolute atomic E-state index is 0.228. The summed E-state index contributed by atoms with van der Waals surface area (Å²) in [7, 11) is 0. The van der Waals surface area contributed by atoms with E-state index in [1.54, 1.807) is 0 Å². The Bertz CT molecular complexity index is 795. The van der Waals surface area contributed by atoms with Gasteiger partial charge in [-0.05, 0) is 49.7 Å². The van der Waals surface area contributed by atoms with Crippen LogP contribution in [0.15, 0.2) is 72.0 Å². The summed E-state index contributed by atoms with van der Waals surface area (Å²) in [6, 6.07) is 20.4. The predicted molar refractivity (Wildman–Crippen MR) is 112 cm³/mol. The molecule has 0 saturated heterocycles. The first-order valence-corrected chi connectivity index (χ1v) is 10.3. The molecule has 1 unspecified atom stereocenters. The minimum atomic E-state index is -0.589. The molecule has 1 aliphatic heterocycles. The summed E-state index contributed by atoms with van der Waals surface area (Å²) in [5, 5.41) is 10.7. The normalized spacial score (nSPS) is 19.5. The van der Waals surface area contributed by atoms with Crippen molar-refractivity contribution in [2.75, 3.05) is 0 Å². The molecule has 28 heavy (non-hydrogen) atoms. The molecule has 0 aliphatic carbocycles. The molecule has 0 radical (unpaired) electrons. The molecule has 0 saturated carbocycles. The van der Waals surface area contributed by atoms with Crippen molar-refractivity contribution >= 4 is 5.97 Å². The van der Waals surface area contributed by atoms with E-state index in [9.17, 15) is 9.90 Å². The van der Waals surface area contributed by atoms with E-state index in [1.807, 2.05) is 36.4 Å². The van der Waals surface area contributed by atoms with E-state index in [0.717, 1.165) is 38.5 Å². The summed E-state index contributed by atoms with van der Waals surface area (Å²) in [4.78, 5) is 12.7. The van der Waals surface area contributed by atoms with Crippen LogP contribution >= 0.6 is 0 Å². The Kier molecular flexibility index (Phi) is 6.91. The lowest BCUT2D eigenvalue weighted by molar-refractivity contribution is -0.161. The van der Waals surface area contributed by atoms with Gasteiger partial charge in [0.05, 0.1) is 5.57 Å². The van der Waals surface area contributed by atoms with Gasteiger partial charge in [-0.15, -0.1) is 0 Å². The van der Waals surface area contributed by atoms with Crippen LogP contribution < -0.4 is 0 Å². The Balaban J connectivity index is 1.64. The third kappa shape index (κ3) is 5.25. The van der Waals surface area contributed by atoms with E-state index < -0.39 is 5.60 Å². The second-order valence-corrected chi connectivity index (χ2v) is 7.75. The molecule has 2 aromatic carbocycles. The predicted octanol–water partition coefficient (Wildman–Crippen LogP) is 5.94. The number of aliphatic hydroxyl groups is 1. The fourth-order valence-electron chi connectivity index (χ4n) is 4.06. The standard InChI is InChI=1S/C25H30O3/c1-2-17-25(18-16-21-12-7-4-8-13-21)19-23(26)22(24(27)28-25)15-9-14-20-10-5-3-6-11-20/h3-8,10-13,26H,2,9,14-19H2,1H3. The number of hydrogen-bond acceptors (Lipinski definition) is 3. The zero-order valence-corrected chi connectivity index (χ0v) is 16.7. The van der Waals surface area contributed by atoms with Gasteiger partial charge in [-0.25, -0.2) is 4.79 Å². The van der Waals surface area contributed by atoms with E-state index in [4.69, 9.17) is 4.74 Å². The molecule has 3 nitrogen and oxygen atoms in total. The summed E-state index contributed by atoms with van der Waals surface area (Å²) in [5.74, 6) is -0.107. The number of benzene rings is 2. The van der Waals surface area contributed by atoms with E-state index in [-0.39, 0.29) is 11.7 Å². The molecule has 148 valence electrons. The smallest absolute Gasteiger partial charge is 0.337 e. The summed E-state index contributed by atoms with van der Waals surface area (Å²) in [6.45, 7) is 2.09. The first kappa shape index (κ1) is 20.2. The molecular weight excluding hydrogens is 348 g/mol. The van der Waals surface area contributed by atoms with Gasteiger partial charge in [-0.3, -0.25) is 0 Å². The average Bonchev–Trinajstić information content (AvgIpc) is 2.70. The lowest BCUT2D eigenvalue weighted by atomic mass is 9.83. The quantitative estimate of drug-likeness (QED) is 0.549. The van der Waals surface area contributed by atoms with Crippen LogP contribution in [0.1, 0.15) is 56.6 Å². The molecule has 0 amide bonds. The van der Waals surface area contributed by atoms with E-state index >= 15 is 0 Å². The fraction of sp³-hybridized carbons (Fsp3) is 0.400. The Hall–Kier alpha value is -2.55. The molecule has 0 spiro atoms. The number of ether oxygens (including phenoxy) is 1. The third-order valence-electron chi connectivity index (χ3n) is 5.55. The molecule has 1 N–H and O–H groups in total. The Labute approximate surface area is 168 Å². The van der Waals surface area contributed by atoms with E-state index in [1.165, 1.54) is 11.1 Å². The number of aryl methyl sites for hydroxylation is 2. The molecule has 2 aromatic rings. The average molecular weight is 379 g/mol. The highest BCUT2D eigenvalue weighted by atomic mass is 16.6. The van der Waals surface area contributed by atoms with Crippen molar-refractivity contribution in [2.45, 2.75) is 63.9 Å². The van der Waals surface area contributed by atoms with Crippen molar-refractivity contribution in [1.29, 1.82) is 0 Å². The largest absolute Gasteiger partial charge is 0.512 e. The van der Waals surface area contributed by atoms with Crippen molar-refractivity contribution in [2.24, 2.45) is 0 Å². The second-order valence-electron chi connectivity index (χ2n) is 7.75. The molecule has 3 heteroatoms. The lowest BCUT2D eigenvalue weighted by Gasteiger charge is -2.37. The number of esters is 1. The van der Waals surface area contributed by atoms with Gasteiger partial charge in [0.15, 0.2) is 0 Å². The summed E-state index contributed by atoms with van der Waals surface area (Å²) in [6.07, 6.45) is 5.96. The number of aliphatic hydroxyl groups excluding tert-OH is 1. The SMILES string of the molecule is CCCC1(CCc2ccccc2)CC(O)=C(CCCc2ccccc2)C(=O)O1. The van der Waals surface area contributed by atoms with Gasteiger partial charge in [0.25, 0.3) is 0 Å². The Morgan fingerprint density at radius 3 is 2.07 bits per heavy atom. The zero-order chi connectivity index (χ0) is 19.8. The minimum Gasteiger partial charge on any atom is -0.512 e. The number of rotatable bonds is 9. The first-order chi connectivity index (χ1) is 13.6. The highest BCUT2D eigenvalue weighted by Gasteiger charge is 2.40. The Morgan fingerprint density at radius 1 is 0.893 bits per heavy atom. The summed E-state index contributed by atoms with van der Waals surface area (Å²) < 4.78 is 5.97. The second kappa shape index (κ2) is 9.59. The van der Waals surface area contributed by atoms with Crippen LogP contribution in [-0.2, 0) is 22.4 Å². The zero-order valence-electron chi connectivity index (χ0n) is 16.7. The molecular formula is C25H30O3. The number of carbonyl (C=O) groups is 1. The molecule has 0 aromatic heterocycles. The maximum atomic E-state index is 12.7. The van der Waals surface area contributed by atoms with Crippen LogP contribution in [0.4, 0.5) is 0 Å². The first-order valence-electron chi connectivity index (χ1n) is 10.3. The molecule has 1 heterocycles. The van der Waals surface area contributed by atoms with Crippen molar-refractivity contribution < 1.29 is 14.6 Å². The van der Waals surface area contributed by atoms with Crippen molar-refractivity contribution in [3.05, 3.63) is 83.1 Å². The van der Waals surface area contributed by atoms with Crippen molar-refractivity contribution in [3.8, 4) is 0 Å². The topological polar surface area (TPSA) is 46.5 Å². The highest BCUT2D eigenvalue weighted by Crippen LogP contribution is 2.37. The van der Waals surface area contributed by atoms with Gasteiger partial charge < -0.3 is 9.84 Å². The highest BCUT2D eigenvalue weighted by molar-refractivity contribution is 5.90. The van der Waals surface area contributed by atoms with Crippen LogP contribution in [0, 0.1) is 0 Å². The van der Waals surface area contributed by atoms with Crippen molar-refractivity contribution in [3.63, 3.8) is 0 Å². The van der Waals surface area contributed by atoms with Crippen LogP contribution in [0.5, 0.6) is 0 Å². The van der Waals surface area contributed by atoms with Gasteiger partial charge >= 0.3 is 5.97 Å². The molecule has 1 atom stereocenters. The number of carbonyl (C=O) groups excluding carboxylic acids is 1. The summed E-state index contributed by atoms with van der Waals surface area (Å²) >= 11 is 0. The molecule has 3 rings (SSSR count). The van der Waals surface area contributed by atoms with Gasteiger partial charge in [-0.1, -0.05) is 74.0 Å². The van der Waals surface area contributed by atoms with Gasteiger partial charge in [-0.2, -0.15) is 0 Å². The Morgan fingerprint density at radius 2 is 1.50 bits per heavy atom. The third-order valence-corrected chi connectivity index (χ3v) is 5.55. The van der Waals surface area contributed by atoms with Gasteiger partial charge in [0, 0.05) is 6.42 Å². The number of hydrogen-bond donors (Lipinski definition) is 1. The van der Waals surface area contributed by atoms with Crippen LogP contribution in [0.3, 0.4) is 0 Å². The van der Waals surface area contributed by atoms with E-state index in [0.29, 0.717) is 18.4 Å². The number of cyclic esters (lactones) is 1. The van der Waals surface area contributed by atoms with Crippen molar-refractivity contribution in [1.82, 2.24) is 0 Å².